The molecule has 1 saturated heterocycles. The zero-order chi connectivity index (χ0) is 18.8. The average Bonchev–Trinajstić information content (AvgIpc) is 3.11. The van der Waals surface area contributed by atoms with Crippen molar-refractivity contribution in [2.24, 2.45) is 5.73 Å². The highest BCUT2D eigenvalue weighted by atomic mass is 79.9. The van der Waals surface area contributed by atoms with Gasteiger partial charge in [0.25, 0.3) is 5.91 Å². The minimum Gasteiger partial charge on any atom is -0.366 e. The van der Waals surface area contributed by atoms with Crippen LogP contribution in [0.4, 0.5) is 0 Å². The minimum atomic E-state index is -0.406. The molecule has 1 fully saturated rings. The van der Waals surface area contributed by atoms with Crippen LogP contribution in [-0.4, -0.2) is 34.4 Å². The van der Waals surface area contributed by atoms with Crippen molar-refractivity contribution >= 4 is 27.7 Å². The lowest BCUT2D eigenvalue weighted by Gasteiger charge is -2.16. The third-order valence-corrected chi connectivity index (χ3v) is 5.67. The van der Waals surface area contributed by atoms with Crippen LogP contribution < -0.4 is 5.73 Å². The van der Waals surface area contributed by atoms with Crippen LogP contribution in [0.3, 0.4) is 0 Å². The predicted octanol–water partition coefficient (Wildman–Crippen LogP) is 3.65. The van der Waals surface area contributed by atoms with Crippen LogP contribution in [0.15, 0.2) is 28.7 Å². The molecule has 0 saturated carbocycles. The highest BCUT2D eigenvalue weighted by molar-refractivity contribution is 9.10. The van der Waals surface area contributed by atoms with Crippen molar-refractivity contribution in [3.63, 3.8) is 0 Å². The first-order valence-corrected chi connectivity index (χ1v) is 9.72. The van der Waals surface area contributed by atoms with E-state index in [9.17, 15) is 9.59 Å². The third-order valence-electron chi connectivity index (χ3n) is 5.14. The molecule has 3 rings (SSSR count). The average molecular weight is 418 g/mol. The molecule has 2 N–H and O–H groups in total. The fourth-order valence-electron chi connectivity index (χ4n) is 3.85. The maximum absolute atomic E-state index is 12.1. The van der Waals surface area contributed by atoms with E-state index >= 15 is 0 Å². The molecule has 0 bridgehead atoms. The standard InChI is InChI=1S/C20H24BrN3O2/c1-13-18(15-6-8-16(21)9-7-15)19(20(22)26)14(2)24(13)12-4-11-23-10-3-5-17(23)25/h6-9H,3-5,10-12H2,1-2H3,(H2,22,26). The highest BCUT2D eigenvalue weighted by Gasteiger charge is 2.23. The summed E-state index contributed by atoms with van der Waals surface area (Å²) in [5.41, 5.74) is 10.1. The van der Waals surface area contributed by atoms with Gasteiger partial charge in [0, 0.05) is 47.5 Å². The van der Waals surface area contributed by atoms with Crippen molar-refractivity contribution in [3.05, 3.63) is 45.7 Å². The zero-order valence-electron chi connectivity index (χ0n) is 15.2. The SMILES string of the molecule is Cc1c(C(N)=O)c(-c2ccc(Br)cc2)c(C)n1CCCN1CCCC1=O. The van der Waals surface area contributed by atoms with Gasteiger partial charge in [0.15, 0.2) is 0 Å². The van der Waals surface area contributed by atoms with Gasteiger partial charge in [-0.1, -0.05) is 28.1 Å². The maximum atomic E-state index is 12.1. The topological polar surface area (TPSA) is 68.3 Å². The van der Waals surface area contributed by atoms with Gasteiger partial charge in [0.1, 0.15) is 0 Å². The summed E-state index contributed by atoms with van der Waals surface area (Å²) >= 11 is 3.45. The monoisotopic (exact) mass is 417 g/mol. The van der Waals surface area contributed by atoms with E-state index in [1.165, 1.54) is 0 Å². The first-order valence-electron chi connectivity index (χ1n) is 8.93. The Morgan fingerprint density at radius 2 is 1.85 bits per heavy atom. The van der Waals surface area contributed by atoms with E-state index in [-0.39, 0.29) is 5.91 Å². The van der Waals surface area contributed by atoms with Gasteiger partial charge in [-0.25, -0.2) is 0 Å². The Morgan fingerprint density at radius 1 is 1.15 bits per heavy atom. The molecule has 1 aliphatic rings. The summed E-state index contributed by atoms with van der Waals surface area (Å²) in [4.78, 5) is 25.8. The molecule has 2 heterocycles. The molecule has 0 unspecified atom stereocenters. The van der Waals surface area contributed by atoms with E-state index in [1.807, 2.05) is 43.0 Å². The van der Waals surface area contributed by atoms with Crippen molar-refractivity contribution in [2.75, 3.05) is 13.1 Å². The van der Waals surface area contributed by atoms with Crippen LogP contribution in [0, 0.1) is 13.8 Å². The Labute approximate surface area is 162 Å². The Morgan fingerprint density at radius 3 is 2.42 bits per heavy atom. The molecule has 2 aromatic rings. The second-order valence-corrected chi connectivity index (χ2v) is 7.70. The largest absolute Gasteiger partial charge is 0.366 e. The van der Waals surface area contributed by atoms with E-state index in [2.05, 4.69) is 20.5 Å². The first-order chi connectivity index (χ1) is 12.4. The van der Waals surface area contributed by atoms with E-state index in [0.29, 0.717) is 12.0 Å². The predicted molar refractivity (Wildman–Crippen MR) is 106 cm³/mol. The number of primary amides is 1. The van der Waals surface area contributed by atoms with Crippen LogP contribution in [0.5, 0.6) is 0 Å². The third kappa shape index (κ3) is 3.56. The lowest BCUT2D eigenvalue weighted by atomic mass is 10.0. The Balaban J connectivity index is 1.88. The van der Waals surface area contributed by atoms with Crippen LogP contribution in [0.2, 0.25) is 0 Å². The lowest BCUT2D eigenvalue weighted by Crippen LogP contribution is -2.26. The lowest BCUT2D eigenvalue weighted by molar-refractivity contribution is -0.127. The summed E-state index contributed by atoms with van der Waals surface area (Å²) < 4.78 is 3.14. The molecule has 0 aliphatic carbocycles. The molecular weight excluding hydrogens is 394 g/mol. The number of carbonyl (C=O) groups is 2. The second kappa shape index (κ2) is 7.66. The fourth-order valence-corrected chi connectivity index (χ4v) is 4.11. The number of likely N-dealkylation sites (tertiary alicyclic amines) is 1. The minimum absolute atomic E-state index is 0.249. The number of amides is 2. The number of carbonyl (C=O) groups excluding carboxylic acids is 2. The normalized spacial score (nSPS) is 14.3. The van der Waals surface area contributed by atoms with E-state index < -0.39 is 5.91 Å². The first kappa shape index (κ1) is 18.7. The molecular formula is C20H24BrN3O2. The summed E-state index contributed by atoms with van der Waals surface area (Å²) in [5.74, 6) is -0.156. The van der Waals surface area contributed by atoms with Crippen LogP contribution in [0.25, 0.3) is 11.1 Å². The number of hydrogen-bond acceptors (Lipinski definition) is 2. The van der Waals surface area contributed by atoms with Gasteiger partial charge >= 0.3 is 0 Å². The molecule has 0 atom stereocenters. The zero-order valence-corrected chi connectivity index (χ0v) is 16.8. The second-order valence-electron chi connectivity index (χ2n) is 6.78. The molecule has 1 aliphatic heterocycles. The van der Waals surface area contributed by atoms with Crippen molar-refractivity contribution in [1.29, 1.82) is 0 Å². The number of benzene rings is 1. The molecule has 1 aromatic heterocycles. The summed E-state index contributed by atoms with van der Waals surface area (Å²) in [5, 5.41) is 0. The molecule has 1 aromatic carbocycles. The molecule has 138 valence electrons. The van der Waals surface area contributed by atoms with Gasteiger partial charge in [0.2, 0.25) is 5.91 Å². The molecule has 0 spiro atoms. The van der Waals surface area contributed by atoms with Crippen molar-refractivity contribution < 1.29 is 9.59 Å². The summed E-state index contributed by atoms with van der Waals surface area (Å²) in [6.07, 6.45) is 2.49. The Kier molecular flexibility index (Phi) is 5.51. The van der Waals surface area contributed by atoms with E-state index in [1.54, 1.807) is 0 Å². The number of halogens is 1. The van der Waals surface area contributed by atoms with Gasteiger partial charge < -0.3 is 15.2 Å². The van der Waals surface area contributed by atoms with E-state index in [0.717, 1.165) is 59.5 Å². The van der Waals surface area contributed by atoms with Gasteiger partial charge in [-0.15, -0.1) is 0 Å². The Hall–Kier alpha value is -2.08. The van der Waals surface area contributed by atoms with Crippen LogP contribution in [0.1, 0.15) is 41.0 Å². The van der Waals surface area contributed by atoms with Crippen LogP contribution >= 0.6 is 15.9 Å². The fraction of sp³-hybridized carbons (Fsp3) is 0.400. The smallest absolute Gasteiger partial charge is 0.251 e. The van der Waals surface area contributed by atoms with Gasteiger partial charge in [0.05, 0.1) is 5.56 Å². The van der Waals surface area contributed by atoms with Gasteiger partial charge in [-0.3, -0.25) is 9.59 Å². The molecule has 5 nitrogen and oxygen atoms in total. The van der Waals surface area contributed by atoms with Crippen molar-refractivity contribution in [2.45, 2.75) is 39.7 Å². The molecule has 6 heteroatoms. The van der Waals surface area contributed by atoms with Crippen molar-refractivity contribution in [1.82, 2.24) is 9.47 Å². The summed E-state index contributed by atoms with van der Waals surface area (Å²) in [7, 11) is 0. The highest BCUT2D eigenvalue weighted by Crippen LogP contribution is 2.33. The number of rotatable bonds is 6. The summed E-state index contributed by atoms with van der Waals surface area (Å²) in [6.45, 7) is 6.35. The van der Waals surface area contributed by atoms with Crippen LogP contribution in [-0.2, 0) is 11.3 Å². The summed E-state index contributed by atoms with van der Waals surface area (Å²) in [6, 6.07) is 7.91. The number of nitrogens with two attached hydrogens (primary N) is 1. The molecule has 2 amide bonds. The molecule has 26 heavy (non-hydrogen) atoms. The van der Waals surface area contributed by atoms with Gasteiger partial charge in [-0.05, 0) is 44.4 Å². The number of hydrogen-bond donors (Lipinski definition) is 1. The number of aromatic nitrogens is 1. The van der Waals surface area contributed by atoms with Gasteiger partial charge in [-0.2, -0.15) is 0 Å². The number of nitrogens with zero attached hydrogens (tertiary/aromatic N) is 2. The Bertz CT molecular complexity index is 840. The maximum Gasteiger partial charge on any atom is 0.251 e. The van der Waals surface area contributed by atoms with E-state index in [4.69, 9.17) is 5.73 Å². The quantitative estimate of drug-likeness (QED) is 0.778. The van der Waals surface area contributed by atoms with Crippen molar-refractivity contribution in [3.8, 4) is 11.1 Å². The molecule has 0 radical (unpaired) electrons.